The Labute approximate surface area is 247 Å². The first-order valence-corrected chi connectivity index (χ1v) is 13.7. The number of aliphatic carboxylic acids is 1. The van der Waals surface area contributed by atoms with E-state index in [1.807, 2.05) is 6.07 Å². The van der Waals surface area contributed by atoms with Gasteiger partial charge in [-0.25, -0.2) is 19.6 Å². The Morgan fingerprint density at radius 1 is 0.884 bits per heavy atom. The number of hydrogen-bond acceptors (Lipinski definition) is 8. The maximum Gasteiger partial charge on any atom is 0.409 e. The highest BCUT2D eigenvalue weighted by atomic mass is 16.6. The first-order valence-electron chi connectivity index (χ1n) is 13.7. The lowest BCUT2D eigenvalue weighted by Gasteiger charge is -2.35. The van der Waals surface area contributed by atoms with Gasteiger partial charge in [0.05, 0.1) is 17.9 Å². The Balaban J connectivity index is 1.60. The van der Waals surface area contributed by atoms with Crippen molar-refractivity contribution in [2.45, 2.75) is 25.8 Å². The molecule has 43 heavy (non-hydrogen) atoms. The molecule has 0 aliphatic carbocycles. The minimum absolute atomic E-state index is 0.0635. The number of benzene rings is 2. The van der Waals surface area contributed by atoms with Gasteiger partial charge in [0, 0.05) is 43.7 Å². The van der Waals surface area contributed by atoms with E-state index in [1.165, 1.54) is 28.0 Å². The molecule has 1 saturated heterocycles. The van der Waals surface area contributed by atoms with Crippen LogP contribution in [0, 0.1) is 0 Å². The molecule has 0 bridgehead atoms. The second-order valence-corrected chi connectivity index (χ2v) is 9.68. The molecule has 1 unspecified atom stereocenters. The lowest BCUT2D eigenvalue weighted by molar-refractivity contribution is -0.138. The van der Waals surface area contributed by atoms with Crippen LogP contribution in [0.4, 0.5) is 4.79 Å². The third-order valence-corrected chi connectivity index (χ3v) is 6.79. The third kappa shape index (κ3) is 7.91. The summed E-state index contributed by atoms with van der Waals surface area (Å²) in [5.41, 5.74) is 1.53. The van der Waals surface area contributed by atoms with Crippen molar-refractivity contribution in [3.8, 4) is 22.6 Å². The molecule has 2 heterocycles. The van der Waals surface area contributed by atoms with E-state index in [4.69, 9.17) is 4.74 Å². The molecular formula is C30H31N5O8. The minimum atomic E-state index is -1.16. The summed E-state index contributed by atoms with van der Waals surface area (Å²) in [5, 5.41) is 21.2. The molecule has 224 valence electrons. The van der Waals surface area contributed by atoms with Gasteiger partial charge in [0.25, 0.3) is 5.91 Å². The predicted molar refractivity (Wildman–Crippen MR) is 153 cm³/mol. The average molecular weight is 590 g/mol. The number of piperazine rings is 1. The van der Waals surface area contributed by atoms with Crippen molar-refractivity contribution < 1.29 is 38.9 Å². The second-order valence-electron chi connectivity index (χ2n) is 9.68. The Bertz CT molecular complexity index is 1490. The molecule has 2 aromatic carbocycles. The molecule has 3 amide bonds. The van der Waals surface area contributed by atoms with Crippen LogP contribution in [0.5, 0.6) is 0 Å². The molecule has 0 spiro atoms. The summed E-state index contributed by atoms with van der Waals surface area (Å²) in [6, 6.07) is 15.2. The molecule has 13 nitrogen and oxygen atoms in total. The highest BCUT2D eigenvalue weighted by molar-refractivity contribution is 5.97. The number of aromatic carboxylic acids is 1. The molecule has 13 heteroatoms. The average Bonchev–Trinajstić information content (AvgIpc) is 3.03. The van der Waals surface area contributed by atoms with Gasteiger partial charge < -0.3 is 30.1 Å². The van der Waals surface area contributed by atoms with Crippen LogP contribution in [0.2, 0.25) is 0 Å². The normalized spacial score (nSPS) is 13.6. The maximum absolute atomic E-state index is 13.5. The summed E-state index contributed by atoms with van der Waals surface area (Å²) in [5.74, 6) is -3.16. The first-order chi connectivity index (χ1) is 20.7. The fraction of sp³-hybridized carbons (Fsp3) is 0.300. The largest absolute Gasteiger partial charge is 0.481 e. The van der Waals surface area contributed by atoms with Crippen LogP contribution in [0.15, 0.2) is 60.7 Å². The number of carbonyl (C=O) groups excluding carboxylic acids is 3. The zero-order valence-corrected chi connectivity index (χ0v) is 23.4. The van der Waals surface area contributed by atoms with Gasteiger partial charge in [0.2, 0.25) is 5.91 Å². The topological polar surface area (TPSA) is 179 Å². The second kappa shape index (κ2) is 14.0. The van der Waals surface area contributed by atoms with Crippen LogP contribution in [0.25, 0.3) is 22.6 Å². The molecule has 1 aliphatic rings. The first kappa shape index (κ1) is 30.6. The Morgan fingerprint density at radius 3 is 2.14 bits per heavy atom. The number of nitrogens with one attached hydrogen (secondary N) is 1. The zero-order valence-electron chi connectivity index (χ0n) is 23.4. The molecule has 0 radical (unpaired) electrons. The fourth-order valence-corrected chi connectivity index (χ4v) is 4.51. The molecule has 0 saturated carbocycles. The van der Waals surface area contributed by atoms with Crippen molar-refractivity contribution in [1.29, 1.82) is 0 Å². The number of aromatic nitrogens is 2. The molecule has 3 aromatic rings. The number of carboxylic acids is 2. The van der Waals surface area contributed by atoms with Gasteiger partial charge in [-0.2, -0.15) is 0 Å². The molecular weight excluding hydrogens is 558 g/mol. The van der Waals surface area contributed by atoms with E-state index >= 15 is 0 Å². The van der Waals surface area contributed by atoms with E-state index in [0.29, 0.717) is 16.8 Å². The van der Waals surface area contributed by atoms with Gasteiger partial charge >= 0.3 is 18.0 Å². The Kier molecular flexibility index (Phi) is 9.99. The third-order valence-electron chi connectivity index (χ3n) is 6.79. The highest BCUT2D eigenvalue weighted by Crippen LogP contribution is 2.23. The number of carbonyl (C=O) groups is 5. The highest BCUT2D eigenvalue weighted by Gasteiger charge is 2.31. The summed E-state index contributed by atoms with van der Waals surface area (Å²) in [6.45, 7) is 2.79. The molecule has 3 N–H and O–H groups in total. The summed E-state index contributed by atoms with van der Waals surface area (Å²) in [4.78, 5) is 73.6. The number of carboxylic acid groups (broad SMARTS) is 2. The number of hydrogen-bond donors (Lipinski definition) is 3. The van der Waals surface area contributed by atoms with Gasteiger partial charge in [0.15, 0.2) is 5.82 Å². The van der Waals surface area contributed by atoms with Crippen LogP contribution < -0.4 is 5.32 Å². The van der Waals surface area contributed by atoms with Crippen LogP contribution in [-0.4, -0.2) is 98.7 Å². The Morgan fingerprint density at radius 2 is 1.53 bits per heavy atom. The quantitative estimate of drug-likeness (QED) is 0.318. The maximum atomic E-state index is 13.5. The Hall–Kier alpha value is -5.33. The smallest absolute Gasteiger partial charge is 0.409 e. The monoisotopic (exact) mass is 589 g/mol. The van der Waals surface area contributed by atoms with E-state index < -0.39 is 35.9 Å². The van der Waals surface area contributed by atoms with Crippen LogP contribution in [-0.2, 0) is 14.3 Å². The van der Waals surface area contributed by atoms with Crippen LogP contribution in [0.3, 0.4) is 0 Å². The summed E-state index contributed by atoms with van der Waals surface area (Å²) in [6.07, 6.45) is -0.991. The van der Waals surface area contributed by atoms with Crippen molar-refractivity contribution in [2.75, 3.05) is 32.8 Å². The van der Waals surface area contributed by atoms with Gasteiger partial charge in [-0.3, -0.25) is 14.4 Å². The van der Waals surface area contributed by atoms with Gasteiger partial charge in [-0.05, 0) is 31.5 Å². The van der Waals surface area contributed by atoms with E-state index in [9.17, 15) is 34.2 Å². The van der Waals surface area contributed by atoms with Crippen molar-refractivity contribution >= 4 is 29.8 Å². The fourth-order valence-electron chi connectivity index (χ4n) is 4.51. The van der Waals surface area contributed by atoms with Crippen molar-refractivity contribution in [3.05, 3.63) is 71.9 Å². The summed E-state index contributed by atoms with van der Waals surface area (Å²) < 4.78 is 5.01. The van der Waals surface area contributed by atoms with Crippen LogP contribution >= 0.6 is 0 Å². The molecule has 1 aromatic heterocycles. The summed E-state index contributed by atoms with van der Waals surface area (Å²) in [7, 11) is 0. The van der Waals surface area contributed by atoms with E-state index in [0.717, 1.165) is 0 Å². The van der Waals surface area contributed by atoms with Gasteiger partial charge in [-0.1, -0.05) is 42.5 Å². The SMILES string of the molecule is CCOC(=O)N1CCN(C(=O)C(CCC(=O)O)NC(=O)c2cc(-c3ccc(C(=O)O)cc3)nc(-c3ccccc3)n2)CC1. The lowest BCUT2D eigenvalue weighted by atomic mass is 10.1. The number of amides is 3. The van der Waals surface area contributed by atoms with Crippen LogP contribution in [0.1, 0.15) is 40.6 Å². The number of nitrogens with zero attached hydrogens (tertiary/aromatic N) is 4. The molecule has 1 fully saturated rings. The van der Waals surface area contributed by atoms with E-state index in [-0.39, 0.29) is 62.7 Å². The zero-order chi connectivity index (χ0) is 30.9. The van der Waals surface area contributed by atoms with Crippen molar-refractivity contribution in [1.82, 2.24) is 25.1 Å². The molecule has 1 aliphatic heterocycles. The molecule has 4 rings (SSSR count). The van der Waals surface area contributed by atoms with Gasteiger partial charge in [0.1, 0.15) is 11.7 Å². The van der Waals surface area contributed by atoms with Gasteiger partial charge in [-0.15, -0.1) is 0 Å². The van der Waals surface area contributed by atoms with Crippen molar-refractivity contribution in [2.24, 2.45) is 0 Å². The molecule has 1 atom stereocenters. The van der Waals surface area contributed by atoms with E-state index in [2.05, 4.69) is 15.3 Å². The van der Waals surface area contributed by atoms with Crippen molar-refractivity contribution in [3.63, 3.8) is 0 Å². The number of rotatable bonds is 10. The number of ether oxygens (including phenoxy) is 1. The minimum Gasteiger partial charge on any atom is -0.481 e. The summed E-state index contributed by atoms with van der Waals surface area (Å²) >= 11 is 0. The predicted octanol–water partition coefficient (Wildman–Crippen LogP) is 2.77. The standard InChI is InChI=1S/C30H31N5O8/c1-2-43-30(42)35-16-14-34(15-17-35)28(39)22(12-13-25(36)37)33-27(38)24-18-23(19-8-10-21(11-9-19)29(40)41)31-26(32-24)20-6-4-3-5-7-20/h3-11,18,22H,2,12-17H2,1H3,(H,33,38)(H,36,37)(H,40,41). The van der Waals surface area contributed by atoms with E-state index in [1.54, 1.807) is 43.3 Å². The lowest BCUT2D eigenvalue weighted by Crippen LogP contribution is -2.56.